The number of nitrogens with zero attached hydrogens (tertiary/aromatic N) is 1. The van der Waals surface area contributed by atoms with Crippen molar-refractivity contribution in [2.75, 3.05) is 13.6 Å². The summed E-state index contributed by atoms with van der Waals surface area (Å²) in [5, 5.41) is 0.907. The van der Waals surface area contributed by atoms with E-state index in [-0.39, 0.29) is 5.56 Å². The minimum absolute atomic E-state index is 0.233. The topological polar surface area (TPSA) is 36.1 Å². The van der Waals surface area contributed by atoms with Crippen LogP contribution in [0.3, 0.4) is 0 Å². The van der Waals surface area contributed by atoms with Crippen molar-refractivity contribution in [3.05, 3.63) is 36.0 Å². The molecule has 0 bridgehead atoms. The average molecular weight is 256 g/mol. The zero-order valence-corrected chi connectivity index (χ0v) is 9.58. The molecular formula is C12H11F3N2O. The van der Waals surface area contributed by atoms with Crippen molar-refractivity contribution in [3.63, 3.8) is 0 Å². The fourth-order valence-electron chi connectivity index (χ4n) is 1.74. The molecule has 2 aromatic rings. The molecule has 18 heavy (non-hydrogen) atoms. The SMILES string of the molecule is CN(CC(F)(F)F)C(=O)c1ccc2cc[nH]c2c1. The van der Waals surface area contributed by atoms with Gasteiger partial charge in [0.05, 0.1) is 0 Å². The second-order valence-electron chi connectivity index (χ2n) is 4.06. The van der Waals surface area contributed by atoms with Gasteiger partial charge < -0.3 is 9.88 Å². The zero-order chi connectivity index (χ0) is 13.3. The van der Waals surface area contributed by atoms with Crippen molar-refractivity contribution in [2.45, 2.75) is 6.18 Å². The lowest BCUT2D eigenvalue weighted by Crippen LogP contribution is -2.35. The molecule has 2 rings (SSSR count). The minimum Gasteiger partial charge on any atom is -0.361 e. The van der Waals surface area contributed by atoms with E-state index in [1.165, 1.54) is 6.07 Å². The van der Waals surface area contributed by atoms with Crippen molar-refractivity contribution in [1.29, 1.82) is 0 Å². The van der Waals surface area contributed by atoms with Gasteiger partial charge in [0.1, 0.15) is 6.54 Å². The van der Waals surface area contributed by atoms with Gasteiger partial charge in [-0.2, -0.15) is 13.2 Å². The Kier molecular flexibility index (Phi) is 3.02. The largest absolute Gasteiger partial charge is 0.406 e. The summed E-state index contributed by atoms with van der Waals surface area (Å²) in [6.07, 6.45) is -2.68. The van der Waals surface area contributed by atoms with Crippen LogP contribution in [0.25, 0.3) is 10.9 Å². The van der Waals surface area contributed by atoms with Gasteiger partial charge in [-0.1, -0.05) is 6.07 Å². The van der Waals surface area contributed by atoms with E-state index in [1.54, 1.807) is 18.3 Å². The molecule has 0 atom stereocenters. The number of amides is 1. The highest BCUT2D eigenvalue weighted by atomic mass is 19.4. The van der Waals surface area contributed by atoms with Crippen molar-refractivity contribution in [3.8, 4) is 0 Å². The molecule has 1 amide bonds. The summed E-state index contributed by atoms with van der Waals surface area (Å²) < 4.78 is 36.6. The Morgan fingerprint density at radius 1 is 1.33 bits per heavy atom. The number of halogens is 3. The highest BCUT2D eigenvalue weighted by Gasteiger charge is 2.31. The van der Waals surface area contributed by atoms with Gasteiger partial charge in [-0.05, 0) is 23.6 Å². The first-order valence-electron chi connectivity index (χ1n) is 5.26. The summed E-state index contributed by atoms with van der Waals surface area (Å²) in [5.41, 5.74) is 0.956. The van der Waals surface area contributed by atoms with E-state index in [9.17, 15) is 18.0 Å². The van der Waals surface area contributed by atoms with E-state index in [0.29, 0.717) is 4.90 Å². The van der Waals surface area contributed by atoms with Crippen LogP contribution in [0.2, 0.25) is 0 Å². The Labute approximate surface area is 101 Å². The van der Waals surface area contributed by atoms with Gasteiger partial charge in [0, 0.05) is 24.3 Å². The summed E-state index contributed by atoms with van der Waals surface area (Å²) in [7, 11) is 1.13. The molecule has 0 aliphatic heterocycles. The molecule has 0 spiro atoms. The molecule has 0 saturated carbocycles. The van der Waals surface area contributed by atoms with Crippen molar-refractivity contribution in [2.24, 2.45) is 0 Å². The molecule has 1 aromatic carbocycles. The van der Waals surface area contributed by atoms with Gasteiger partial charge in [-0.15, -0.1) is 0 Å². The van der Waals surface area contributed by atoms with Gasteiger partial charge in [-0.25, -0.2) is 0 Å². The second kappa shape index (κ2) is 4.36. The Hall–Kier alpha value is -1.98. The smallest absolute Gasteiger partial charge is 0.361 e. The predicted octanol–water partition coefficient (Wildman–Crippen LogP) is 2.80. The Morgan fingerprint density at radius 2 is 2.06 bits per heavy atom. The number of hydrogen-bond acceptors (Lipinski definition) is 1. The molecule has 1 N–H and O–H groups in total. The molecule has 96 valence electrons. The summed E-state index contributed by atoms with van der Waals surface area (Å²) in [5.74, 6) is -0.649. The number of aromatic amines is 1. The van der Waals surface area contributed by atoms with Crippen molar-refractivity contribution in [1.82, 2.24) is 9.88 Å². The third kappa shape index (κ3) is 2.64. The van der Waals surface area contributed by atoms with Crippen LogP contribution in [0, 0.1) is 0 Å². The van der Waals surface area contributed by atoms with Crippen molar-refractivity contribution >= 4 is 16.8 Å². The fraction of sp³-hybridized carbons (Fsp3) is 0.250. The first-order valence-corrected chi connectivity index (χ1v) is 5.26. The number of carbonyl (C=O) groups is 1. The van der Waals surface area contributed by atoms with Crippen LogP contribution in [0.15, 0.2) is 30.5 Å². The van der Waals surface area contributed by atoms with E-state index in [4.69, 9.17) is 0 Å². The lowest BCUT2D eigenvalue weighted by Gasteiger charge is -2.18. The Balaban J connectivity index is 2.22. The van der Waals surface area contributed by atoms with Crippen molar-refractivity contribution < 1.29 is 18.0 Å². The first kappa shape index (κ1) is 12.5. The molecule has 0 aliphatic carbocycles. The van der Waals surface area contributed by atoms with Gasteiger partial charge in [0.25, 0.3) is 5.91 Å². The third-order valence-electron chi connectivity index (χ3n) is 2.57. The Morgan fingerprint density at radius 3 is 2.72 bits per heavy atom. The number of hydrogen-bond donors (Lipinski definition) is 1. The molecule has 0 radical (unpaired) electrons. The number of aromatic nitrogens is 1. The number of fused-ring (bicyclic) bond motifs is 1. The molecule has 0 saturated heterocycles. The fourth-order valence-corrected chi connectivity index (χ4v) is 1.74. The maximum Gasteiger partial charge on any atom is 0.406 e. The molecule has 6 heteroatoms. The zero-order valence-electron chi connectivity index (χ0n) is 9.58. The van der Waals surface area contributed by atoms with Crippen LogP contribution in [0.5, 0.6) is 0 Å². The van der Waals surface area contributed by atoms with Crippen LogP contribution in [0.4, 0.5) is 13.2 Å². The van der Waals surface area contributed by atoms with Crippen LogP contribution in [-0.4, -0.2) is 35.6 Å². The first-order chi connectivity index (χ1) is 8.37. The van der Waals surface area contributed by atoms with E-state index in [0.717, 1.165) is 18.0 Å². The standard InChI is InChI=1S/C12H11F3N2O/c1-17(7-12(13,14)15)11(18)9-3-2-8-4-5-16-10(8)6-9/h2-6,16H,7H2,1H3. The summed E-state index contributed by atoms with van der Waals surface area (Å²) in [6, 6.07) is 6.58. The number of alkyl halides is 3. The molecule has 0 aliphatic rings. The van der Waals surface area contributed by atoms with Gasteiger partial charge >= 0.3 is 6.18 Å². The lowest BCUT2D eigenvalue weighted by atomic mass is 10.1. The molecule has 0 unspecified atom stereocenters. The van der Waals surface area contributed by atoms with E-state index in [1.807, 2.05) is 6.07 Å². The maximum absolute atomic E-state index is 12.2. The normalized spacial score (nSPS) is 11.8. The highest BCUT2D eigenvalue weighted by molar-refractivity contribution is 5.97. The van der Waals surface area contributed by atoms with Gasteiger partial charge in [0.15, 0.2) is 0 Å². The quantitative estimate of drug-likeness (QED) is 0.881. The van der Waals surface area contributed by atoms with Gasteiger partial charge in [-0.3, -0.25) is 4.79 Å². The van der Waals surface area contributed by atoms with Gasteiger partial charge in [0.2, 0.25) is 0 Å². The van der Waals surface area contributed by atoms with E-state index < -0.39 is 18.6 Å². The average Bonchev–Trinajstić information content (AvgIpc) is 2.72. The number of benzene rings is 1. The van der Waals surface area contributed by atoms with Crippen LogP contribution >= 0.6 is 0 Å². The monoisotopic (exact) mass is 256 g/mol. The van der Waals surface area contributed by atoms with Crippen LogP contribution in [0.1, 0.15) is 10.4 Å². The lowest BCUT2D eigenvalue weighted by molar-refractivity contribution is -0.138. The highest BCUT2D eigenvalue weighted by Crippen LogP contribution is 2.19. The summed E-state index contributed by atoms with van der Waals surface area (Å²) in [6.45, 7) is -1.26. The third-order valence-corrected chi connectivity index (χ3v) is 2.57. The number of H-pyrrole nitrogens is 1. The van der Waals surface area contributed by atoms with Crippen LogP contribution < -0.4 is 0 Å². The molecule has 3 nitrogen and oxygen atoms in total. The predicted molar refractivity (Wildman–Crippen MR) is 61.3 cm³/mol. The number of carbonyl (C=O) groups excluding carboxylic acids is 1. The molecule has 0 fully saturated rings. The minimum atomic E-state index is -4.39. The summed E-state index contributed by atoms with van der Waals surface area (Å²) >= 11 is 0. The van der Waals surface area contributed by atoms with E-state index >= 15 is 0 Å². The Bertz CT molecular complexity index is 574. The second-order valence-corrected chi connectivity index (χ2v) is 4.06. The maximum atomic E-state index is 12.2. The number of nitrogens with one attached hydrogen (secondary N) is 1. The summed E-state index contributed by atoms with van der Waals surface area (Å²) in [4.78, 5) is 15.4. The molecule has 1 heterocycles. The molecular weight excluding hydrogens is 245 g/mol. The van der Waals surface area contributed by atoms with E-state index in [2.05, 4.69) is 4.98 Å². The molecule has 1 aromatic heterocycles. The van der Waals surface area contributed by atoms with Crippen LogP contribution in [-0.2, 0) is 0 Å². The number of rotatable bonds is 2.